The normalized spacial score (nSPS) is 27.3. The fourth-order valence-corrected chi connectivity index (χ4v) is 3.51. The number of hydrogen-bond acceptors (Lipinski definition) is 3. The fourth-order valence-electron chi connectivity index (χ4n) is 3.51. The Morgan fingerprint density at radius 3 is 2.52 bits per heavy atom. The monoisotopic (exact) mass is 315 g/mol. The third-order valence-corrected chi connectivity index (χ3v) is 5.62. The first-order valence-corrected chi connectivity index (χ1v) is 8.94. The van der Waals surface area contributed by atoms with Gasteiger partial charge in [-0.2, -0.15) is 0 Å². The van der Waals surface area contributed by atoms with E-state index < -0.39 is 0 Å². The van der Waals surface area contributed by atoms with Crippen LogP contribution in [0.4, 0.5) is 0 Å². The average Bonchev–Trinajstić information content (AvgIpc) is 2.68. The summed E-state index contributed by atoms with van der Waals surface area (Å²) in [7, 11) is -0.264. The van der Waals surface area contributed by atoms with Crippen molar-refractivity contribution in [1.29, 1.82) is 0 Å². The third-order valence-electron chi connectivity index (χ3n) is 5.62. The zero-order valence-electron chi connectivity index (χ0n) is 15.3. The minimum absolute atomic E-state index is 0.264. The maximum absolute atomic E-state index is 6.18. The van der Waals surface area contributed by atoms with Gasteiger partial charge in [0.2, 0.25) is 0 Å². The summed E-state index contributed by atoms with van der Waals surface area (Å²) in [6.07, 6.45) is 2.68. The van der Waals surface area contributed by atoms with Gasteiger partial charge in [0.15, 0.2) is 0 Å². The molecule has 2 aliphatic heterocycles. The van der Waals surface area contributed by atoms with E-state index in [2.05, 4.69) is 63.8 Å². The summed E-state index contributed by atoms with van der Waals surface area (Å²) in [4.78, 5) is 2.57. The van der Waals surface area contributed by atoms with Gasteiger partial charge in [-0.25, -0.2) is 0 Å². The molecule has 3 nitrogen and oxygen atoms in total. The predicted molar refractivity (Wildman–Crippen MR) is 95.8 cm³/mol. The maximum atomic E-state index is 6.18. The van der Waals surface area contributed by atoms with Crippen molar-refractivity contribution >= 4 is 12.6 Å². The number of piperidine rings is 1. The van der Waals surface area contributed by atoms with Crippen molar-refractivity contribution in [3.63, 3.8) is 0 Å². The molecular weight excluding hydrogens is 285 g/mol. The molecule has 0 aromatic heterocycles. The Morgan fingerprint density at radius 1 is 1.17 bits per heavy atom. The van der Waals surface area contributed by atoms with Crippen molar-refractivity contribution < 1.29 is 9.31 Å². The second-order valence-electron chi connectivity index (χ2n) is 8.32. The second-order valence-corrected chi connectivity index (χ2v) is 8.32. The molecule has 4 heteroatoms. The minimum Gasteiger partial charge on any atom is -0.399 e. The van der Waals surface area contributed by atoms with Crippen LogP contribution in [0.2, 0.25) is 0 Å². The topological polar surface area (TPSA) is 21.7 Å². The van der Waals surface area contributed by atoms with Gasteiger partial charge >= 0.3 is 7.12 Å². The number of benzene rings is 1. The standard InChI is InChI=1S/C19H30BNO2/c1-15-8-7-11-21(13-15)14-16-9-6-10-17(12-16)20-22-18(2,3)19(4,5)23-20/h6,9-10,12,15H,7-8,11,13-14H2,1-5H3. The Bertz CT molecular complexity index is 542. The van der Waals surface area contributed by atoms with Crippen LogP contribution in [0.1, 0.15) is 53.0 Å². The van der Waals surface area contributed by atoms with Gasteiger partial charge in [0, 0.05) is 13.1 Å². The molecule has 0 radical (unpaired) electrons. The van der Waals surface area contributed by atoms with Crippen molar-refractivity contribution in [2.45, 2.75) is 65.2 Å². The van der Waals surface area contributed by atoms with Crippen LogP contribution in [-0.4, -0.2) is 36.3 Å². The molecule has 126 valence electrons. The van der Waals surface area contributed by atoms with Crippen LogP contribution in [0.25, 0.3) is 0 Å². The lowest BCUT2D eigenvalue weighted by Gasteiger charge is -2.32. The molecule has 0 saturated carbocycles. The first kappa shape index (κ1) is 17.0. The summed E-state index contributed by atoms with van der Waals surface area (Å²) < 4.78 is 12.4. The van der Waals surface area contributed by atoms with Crippen molar-refractivity contribution in [2.24, 2.45) is 5.92 Å². The van der Waals surface area contributed by atoms with Gasteiger partial charge in [0.1, 0.15) is 0 Å². The van der Waals surface area contributed by atoms with Crippen molar-refractivity contribution in [1.82, 2.24) is 4.90 Å². The third kappa shape index (κ3) is 3.65. The highest BCUT2D eigenvalue weighted by molar-refractivity contribution is 6.62. The Balaban J connectivity index is 1.71. The summed E-state index contributed by atoms with van der Waals surface area (Å²) in [5.41, 5.74) is 1.92. The fraction of sp³-hybridized carbons (Fsp3) is 0.684. The van der Waals surface area contributed by atoms with Gasteiger partial charge in [-0.1, -0.05) is 31.2 Å². The highest BCUT2D eigenvalue weighted by Gasteiger charge is 2.51. The van der Waals surface area contributed by atoms with E-state index in [-0.39, 0.29) is 18.3 Å². The van der Waals surface area contributed by atoms with Gasteiger partial charge in [0.05, 0.1) is 11.2 Å². The van der Waals surface area contributed by atoms with Gasteiger partial charge in [0.25, 0.3) is 0 Å². The second kappa shape index (κ2) is 6.23. The van der Waals surface area contributed by atoms with Gasteiger partial charge in [-0.15, -0.1) is 0 Å². The first-order valence-electron chi connectivity index (χ1n) is 8.94. The summed E-state index contributed by atoms with van der Waals surface area (Å²) in [5.74, 6) is 0.815. The zero-order valence-corrected chi connectivity index (χ0v) is 15.3. The Kier molecular flexibility index (Phi) is 4.61. The van der Waals surface area contributed by atoms with E-state index in [1.807, 2.05) is 0 Å². The SMILES string of the molecule is CC1CCCN(Cc2cccc(B3OC(C)(C)C(C)(C)O3)c2)C1. The van der Waals surface area contributed by atoms with E-state index in [4.69, 9.17) is 9.31 Å². The van der Waals surface area contributed by atoms with E-state index in [0.29, 0.717) is 0 Å². The Morgan fingerprint density at radius 2 is 1.87 bits per heavy atom. The number of nitrogens with zero attached hydrogens (tertiary/aromatic N) is 1. The molecule has 2 fully saturated rings. The molecule has 0 N–H and O–H groups in total. The van der Waals surface area contributed by atoms with E-state index in [1.54, 1.807) is 0 Å². The minimum atomic E-state index is -0.282. The van der Waals surface area contributed by atoms with E-state index in [1.165, 1.54) is 31.5 Å². The number of likely N-dealkylation sites (tertiary alicyclic amines) is 1. The zero-order chi connectivity index (χ0) is 16.7. The number of rotatable bonds is 3. The van der Waals surface area contributed by atoms with Crippen LogP contribution in [0, 0.1) is 5.92 Å². The largest absolute Gasteiger partial charge is 0.494 e. The van der Waals surface area contributed by atoms with Crippen LogP contribution in [0.3, 0.4) is 0 Å². The van der Waals surface area contributed by atoms with Crippen LogP contribution in [-0.2, 0) is 15.9 Å². The molecule has 2 heterocycles. The molecule has 0 spiro atoms. The van der Waals surface area contributed by atoms with Crippen LogP contribution in [0.15, 0.2) is 24.3 Å². The van der Waals surface area contributed by atoms with E-state index >= 15 is 0 Å². The lowest BCUT2D eigenvalue weighted by atomic mass is 9.78. The van der Waals surface area contributed by atoms with Crippen molar-refractivity contribution in [3.8, 4) is 0 Å². The van der Waals surface area contributed by atoms with Gasteiger partial charge in [-0.05, 0) is 64.0 Å². The lowest BCUT2D eigenvalue weighted by molar-refractivity contribution is 0.00578. The summed E-state index contributed by atoms with van der Waals surface area (Å²) >= 11 is 0. The van der Waals surface area contributed by atoms with Crippen molar-refractivity contribution in [2.75, 3.05) is 13.1 Å². The smallest absolute Gasteiger partial charge is 0.399 e. The maximum Gasteiger partial charge on any atom is 0.494 e. The average molecular weight is 315 g/mol. The van der Waals surface area contributed by atoms with E-state index in [9.17, 15) is 0 Å². The highest BCUT2D eigenvalue weighted by Crippen LogP contribution is 2.36. The van der Waals surface area contributed by atoms with Crippen LogP contribution in [0.5, 0.6) is 0 Å². The van der Waals surface area contributed by atoms with E-state index in [0.717, 1.165) is 17.9 Å². The molecule has 1 aromatic carbocycles. The molecule has 1 atom stereocenters. The van der Waals surface area contributed by atoms with Gasteiger partial charge in [-0.3, -0.25) is 4.90 Å². The molecule has 3 rings (SSSR count). The molecule has 0 amide bonds. The molecule has 2 aliphatic rings. The Labute approximate surface area is 141 Å². The molecule has 1 unspecified atom stereocenters. The quantitative estimate of drug-likeness (QED) is 0.800. The summed E-state index contributed by atoms with van der Waals surface area (Å²) in [6.45, 7) is 14.2. The summed E-state index contributed by atoms with van der Waals surface area (Å²) in [6, 6.07) is 8.71. The molecule has 23 heavy (non-hydrogen) atoms. The predicted octanol–water partition coefficient (Wildman–Crippen LogP) is 3.22. The van der Waals surface area contributed by atoms with Crippen molar-refractivity contribution in [3.05, 3.63) is 29.8 Å². The highest BCUT2D eigenvalue weighted by atomic mass is 16.7. The molecular formula is C19H30BNO2. The molecule has 1 aromatic rings. The Hall–Kier alpha value is -0.835. The van der Waals surface area contributed by atoms with Crippen LogP contribution < -0.4 is 5.46 Å². The van der Waals surface area contributed by atoms with Gasteiger partial charge < -0.3 is 9.31 Å². The number of hydrogen-bond donors (Lipinski definition) is 0. The summed E-state index contributed by atoms with van der Waals surface area (Å²) in [5, 5.41) is 0. The van der Waals surface area contributed by atoms with Crippen LogP contribution >= 0.6 is 0 Å². The first-order chi connectivity index (χ1) is 10.8. The lowest BCUT2D eigenvalue weighted by Crippen LogP contribution is -2.41. The molecule has 0 bridgehead atoms. The molecule has 2 saturated heterocycles. The molecule has 0 aliphatic carbocycles.